The Hall–Kier alpha value is -3.61. The number of hydrogen-bond acceptors (Lipinski definition) is 4. The van der Waals surface area contributed by atoms with Gasteiger partial charge in [-0.1, -0.05) is 12.1 Å². The van der Waals surface area contributed by atoms with Crippen molar-refractivity contribution in [3.05, 3.63) is 71.6 Å². The lowest BCUT2D eigenvalue weighted by atomic mass is 10.1. The minimum atomic E-state index is -0.336. The summed E-state index contributed by atoms with van der Waals surface area (Å²) in [4.78, 5) is 19.4. The topological polar surface area (TPSA) is 80.9 Å². The first-order valence-electron chi connectivity index (χ1n) is 8.91. The van der Waals surface area contributed by atoms with Crippen LogP contribution in [0.5, 0.6) is 0 Å². The number of nitrogen functional groups attached to an aromatic ring is 1. The summed E-state index contributed by atoms with van der Waals surface area (Å²) in [5.41, 5.74) is 9.34. The fourth-order valence-electron chi connectivity index (χ4n) is 2.84. The van der Waals surface area contributed by atoms with Crippen molar-refractivity contribution in [1.29, 1.82) is 0 Å². The van der Waals surface area contributed by atoms with Gasteiger partial charge in [-0.15, -0.1) is 0 Å². The van der Waals surface area contributed by atoms with Crippen LogP contribution in [0.15, 0.2) is 48.5 Å². The molecule has 0 atom stereocenters. The molecule has 5 nitrogen and oxygen atoms in total. The molecule has 0 bridgehead atoms. The number of nitrogens with one attached hydrogen (secondary N) is 1. The Morgan fingerprint density at radius 3 is 1.97 bits per heavy atom. The number of anilines is 2. The van der Waals surface area contributed by atoms with Gasteiger partial charge in [-0.2, -0.15) is 0 Å². The second-order valence-electron chi connectivity index (χ2n) is 6.58. The molecular formula is C22H20F2N4O. The van der Waals surface area contributed by atoms with Crippen LogP contribution >= 0.6 is 0 Å². The molecule has 0 saturated heterocycles. The molecule has 1 amide bonds. The molecule has 0 aliphatic carbocycles. The van der Waals surface area contributed by atoms with Gasteiger partial charge in [-0.25, -0.2) is 8.78 Å². The molecule has 4 aromatic rings. The van der Waals surface area contributed by atoms with E-state index in [0.29, 0.717) is 38.9 Å². The number of hydrogen-bond donors (Lipinski definition) is 2. The van der Waals surface area contributed by atoms with E-state index in [1.54, 1.807) is 50.2 Å². The highest BCUT2D eigenvalue weighted by Gasteiger charge is 2.07. The molecular weight excluding hydrogens is 374 g/mol. The van der Waals surface area contributed by atoms with Gasteiger partial charge in [0.25, 0.3) is 0 Å². The molecule has 0 unspecified atom stereocenters. The number of halogens is 2. The van der Waals surface area contributed by atoms with Crippen LogP contribution < -0.4 is 11.1 Å². The molecule has 2 aromatic carbocycles. The number of nitrogens with zero attached hydrogens (tertiary/aromatic N) is 2. The van der Waals surface area contributed by atoms with Crippen LogP contribution in [0.25, 0.3) is 21.8 Å². The number of rotatable bonds is 1. The van der Waals surface area contributed by atoms with Crippen molar-refractivity contribution in [2.75, 3.05) is 11.1 Å². The first-order chi connectivity index (χ1) is 13.8. The first-order valence-corrected chi connectivity index (χ1v) is 8.91. The predicted octanol–water partition coefficient (Wildman–Crippen LogP) is 4.91. The van der Waals surface area contributed by atoms with Gasteiger partial charge in [0.05, 0.1) is 33.8 Å². The Bertz CT molecular complexity index is 1220. The van der Waals surface area contributed by atoms with Crippen molar-refractivity contribution in [3.63, 3.8) is 0 Å². The molecule has 4 rings (SSSR count). The number of nitrogens with two attached hydrogens (primary N) is 1. The zero-order valence-corrected chi connectivity index (χ0v) is 16.3. The van der Waals surface area contributed by atoms with Crippen molar-refractivity contribution in [2.45, 2.75) is 20.8 Å². The summed E-state index contributed by atoms with van der Waals surface area (Å²) in [7, 11) is 0. The molecule has 0 aliphatic rings. The van der Waals surface area contributed by atoms with Crippen LogP contribution in [0, 0.1) is 25.5 Å². The van der Waals surface area contributed by atoms with Gasteiger partial charge in [0.1, 0.15) is 11.6 Å². The third-order valence-corrected chi connectivity index (χ3v) is 4.34. The van der Waals surface area contributed by atoms with Crippen molar-refractivity contribution in [1.82, 2.24) is 9.97 Å². The number of aromatic nitrogens is 2. The highest BCUT2D eigenvalue weighted by Crippen LogP contribution is 2.23. The lowest BCUT2D eigenvalue weighted by Crippen LogP contribution is -2.08. The van der Waals surface area contributed by atoms with Crippen LogP contribution in [-0.4, -0.2) is 15.9 Å². The Labute approximate surface area is 166 Å². The van der Waals surface area contributed by atoms with Crippen molar-refractivity contribution >= 4 is 39.1 Å². The SMILES string of the molecule is CC(=O)Nc1cc2c(F)cccc2nc1C.Cc1nc2cccc(F)c2cc1N. The summed E-state index contributed by atoms with van der Waals surface area (Å²) in [5.74, 6) is -0.811. The summed E-state index contributed by atoms with van der Waals surface area (Å²) < 4.78 is 26.7. The van der Waals surface area contributed by atoms with Gasteiger partial charge in [-0.3, -0.25) is 14.8 Å². The zero-order valence-electron chi connectivity index (χ0n) is 16.3. The highest BCUT2D eigenvalue weighted by molar-refractivity contribution is 5.92. The average Bonchev–Trinajstić information content (AvgIpc) is 2.65. The quantitative estimate of drug-likeness (QED) is 0.481. The summed E-state index contributed by atoms with van der Waals surface area (Å²) in [6, 6.07) is 12.8. The second-order valence-corrected chi connectivity index (χ2v) is 6.58. The van der Waals surface area contributed by atoms with Crippen LogP contribution in [0.1, 0.15) is 18.3 Å². The van der Waals surface area contributed by atoms with E-state index in [4.69, 9.17) is 5.73 Å². The van der Waals surface area contributed by atoms with Crippen molar-refractivity contribution in [3.8, 4) is 0 Å². The number of fused-ring (bicyclic) bond motifs is 2. The summed E-state index contributed by atoms with van der Waals surface area (Å²) in [6.07, 6.45) is 0. The van der Waals surface area contributed by atoms with E-state index < -0.39 is 0 Å². The fraction of sp³-hybridized carbons (Fsp3) is 0.136. The number of carbonyl (C=O) groups excluding carboxylic acids is 1. The standard InChI is InChI=1S/C12H11FN2O.C10H9FN2/c1-7-12(15-8(2)16)6-9-10(13)4-3-5-11(9)14-7;1-6-9(12)5-7-8(11)3-2-4-10(7)13-6/h3-6H,1-2H3,(H,15,16);2-5H,12H2,1H3. The fourth-order valence-corrected chi connectivity index (χ4v) is 2.84. The third kappa shape index (κ3) is 4.45. The lowest BCUT2D eigenvalue weighted by Gasteiger charge is -2.07. The van der Waals surface area contributed by atoms with Crippen LogP contribution in [0.4, 0.5) is 20.2 Å². The number of carbonyl (C=O) groups is 1. The van der Waals surface area contributed by atoms with E-state index in [-0.39, 0.29) is 17.5 Å². The van der Waals surface area contributed by atoms with E-state index in [9.17, 15) is 13.6 Å². The maximum absolute atomic E-state index is 13.5. The van der Waals surface area contributed by atoms with E-state index in [2.05, 4.69) is 15.3 Å². The van der Waals surface area contributed by atoms with Crippen molar-refractivity contribution < 1.29 is 13.6 Å². The van der Waals surface area contributed by atoms with Gasteiger partial charge < -0.3 is 11.1 Å². The normalized spacial score (nSPS) is 10.5. The van der Waals surface area contributed by atoms with E-state index in [1.807, 2.05) is 0 Å². The molecule has 0 spiro atoms. The molecule has 0 saturated carbocycles. The van der Waals surface area contributed by atoms with Crippen LogP contribution in [0.2, 0.25) is 0 Å². The van der Waals surface area contributed by atoms with E-state index in [1.165, 1.54) is 19.1 Å². The predicted molar refractivity (Wildman–Crippen MR) is 112 cm³/mol. The largest absolute Gasteiger partial charge is 0.397 e. The third-order valence-electron chi connectivity index (χ3n) is 4.34. The Morgan fingerprint density at radius 1 is 0.897 bits per heavy atom. The lowest BCUT2D eigenvalue weighted by molar-refractivity contribution is -0.114. The minimum Gasteiger partial charge on any atom is -0.397 e. The summed E-state index contributed by atoms with van der Waals surface area (Å²) in [6.45, 7) is 4.99. The molecule has 7 heteroatoms. The Morgan fingerprint density at radius 2 is 1.41 bits per heavy atom. The molecule has 3 N–H and O–H groups in total. The molecule has 2 aromatic heterocycles. The van der Waals surface area contributed by atoms with E-state index >= 15 is 0 Å². The van der Waals surface area contributed by atoms with Crippen LogP contribution in [-0.2, 0) is 4.79 Å². The minimum absolute atomic E-state index is 0.194. The van der Waals surface area contributed by atoms with Crippen LogP contribution in [0.3, 0.4) is 0 Å². The number of amides is 1. The Kier molecular flexibility index (Phi) is 5.68. The zero-order chi connectivity index (χ0) is 21.1. The average molecular weight is 394 g/mol. The molecule has 0 aliphatic heterocycles. The Balaban J connectivity index is 0.000000169. The summed E-state index contributed by atoms with van der Waals surface area (Å²) in [5, 5.41) is 3.52. The van der Waals surface area contributed by atoms with Gasteiger partial charge >= 0.3 is 0 Å². The molecule has 148 valence electrons. The monoisotopic (exact) mass is 394 g/mol. The molecule has 0 radical (unpaired) electrons. The highest BCUT2D eigenvalue weighted by atomic mass is 19.1. The molecule has 29 heavy (non-hydrogen) atoms. The summed E-state index contributed by atoms with van der Waals surface area (Å²) >= 11 is 0. The maximum Gasteiger partial charge on any atom is 0.221 e. The number of benzene rings is 2. The van der Waals surface area contributed by atoms with Gasteiger partial charge in [0, 0.05) is 17.7 Å². The molecule has 0 fully saturated rings. The van der Waals surface area contributed by atoms with Gasteiger partial charge in [-0.05, 0) is 50.2 Å². The van der Waals surface area contributed by atoms with Gasteiger partial charge in [0.2, 0.25) is 5.91 Å². The first kappa shape index (κ1) is 20.1. The maximum atomic E-state index is 13.5. The van der Waals surface area contributed by atoms with Crippen molar-refractivity contribution in [2.24, 2.45) is 0 Å². The number of aryl methyl sites for hydroxylation is 2. The second kappa shape index (κ2) is 8.18. The van der Waals surface area contributed by atoms with Gasteiger partial charge in [0.15, 0.2) is 0 Å². The number of pyridine rings is 2. The molecule has 2 heterocycles. The smallest absolute Gasteiger partial charge is 0.221 e. The van der Waals surface area contributed by atoms with E-state index in [0.717, 1.165) is 5.69 Å².